The Bertz CT molecular complexity index is 787. The standard InChI is InChI=1S/C15H15BrFNO4/c1-3-22-15(21)10-6-18(8(2)7-19)13-9(14(10)20)4-5-11(16)12(13)17/h4-6,8,19H,3,7H2,1-2H3/t8-/m0/s1. The minimum Gasteiger partial charge on any atom is -0.462 e. The number of aliphatic hydroxyl groups is 1. The third kappa shape index (κ3) is 2.78. The summed E-state index contributed by atoms with van der Waals surface area (Å²) in [6.45, 7) is 3.14. The van der Waals surface area contributed by atoms with Gasteiger partial charge in [-0.2, -0.15) is 0 Å². The van der Waals surface area contributed by atoms with Gasteiger partial charge in [0.15, 0.2) is 5.82 Å². The first-order chi connectivity index (χ1) is 10.4. The first kappa shape index (κ1) is 16.6. The Morgan fingerprint density at radius 2 is 2.18 bits per heavy atom. The maximum Gasteiger partial charge on any atom is 0.343 e. The van der Waals surface area contributed by atoms with Crippen LogP contribution in [0.5, 0.6) is 0 Å². The molecule has 0 saturated carbocycles. The number of carbonyl (C=O) groups is 1. The number of ether oxygens (including phenoxy) is 1. The second-order valence-electron chi connectivity index (χ2n) is 4.79. The van der Waals surface area contributed by atoms with Crippen LogP contribution in [0.4, 0.5) is 4.39 Å². The molecule has 7 heteroatoms. The molecule has 0 unspecified atom stereocenters. The molecule has 22 heavy (non-hydrogen) atoms. The van der Waals surface area contributed by atoms with Crippen molar-refractivity contribution in [2.45, 2.75) is 19.9 Å². The largest absolute Gasteiger partial charge is 0.462 e. The van der Waals surface area contributed by atoms with Crippen molar-refractivity contribution in [1.82, 2.24) is 4.57 Å². The quantitative estimate of drug-likeness (QED) is 0.838. The molecule has 0 spiro atoms. The van der Waals surface area contributed by atoms with Gasteiger partial charge in [-0.25, -0.2) is 9.18 Å². The summed E-state index contributed by atoms with van der Waals surface area (Å²) in [6.07, 6.45) is 1.24. The summed E-state index contributed by atoms with van der Waals surface area (Å²) in [4.78, 5) is 24.3. The number of fused-ring (bicyclic) bond motifs is 1. The van der Waals surface area contributed by atoms with E-state index < -0.39 is 23.3 Å². The van der Waals surface area contributed by atoms with Crippen molar-refractivity contribution in [3.05, 3.63) is 44.4 Å². The molecule has 0 aliphatic heterocycles. The first-order valence-electron chi connectivity index (χ1n) is 6.73. The molecule has 0 fully saturated rings. The number of benzene rings is 1. The van der Waals surface area contributed by atoms with E-state index in [0.717, 1.165) is 0 Å². The summed E-state index contributed by atoms with van der Waals surface area (Å²) in [6, 6.07) is 2.33. The van der Waals surface area contributed by atoms with Gasteiger partial charge in [-0.1, -0.05) is 0 Å². The number of pyridine rings is 1. The van der Waals surface area contributed by atoms with E-state index >= 15 is 0 Å². The lowest BCUT2D eigenvalue weighted by Crippen LogP contribution is -2.23. The highest BCUT2D eigenvalue weighted by Gasteiger charge is 2.21. The van der Waals surface area contributed by atoms with Gasteiger partial charge in [-0.3, -0.25) is 4.79 Å². The number of hydrogen-bond donors (Lipinski definition) is 1. The Kier molecular flexibility index (Phi) is 4.97. The van der Waals surface area contributed by atoms with Crippen LogP contribution in [0.25, 0.3) is 10.9 Å². The number of halogens is 2. The fourth-order valence-corrected chi connectivity index (χ4v) is 2.49. The Morgan fingerprint density at radius 3 is 2.77 bits per heavy atom. The molecule has 2 rings (SSSR count). The van der Waals surface area contributed by atoms with Crippen molar-refractivity contribution in [3.8, 4) is 0 Å². The van der Waals surface area contributed by atoms with Crippen LogP contribution in [-0.2, 0) is 4.74 Å². The smallest absolute Gasteiger partial charge is 0.343 e. The monoisotopic (exact) mass is 371 g/mol. The average Bonchev–Trinajstić information content (AvgIpc) is 2.50. The van der Waals surface area contributed by atoms with Crippen LogP contribution in [-0.4, -0.2) is 28.9 Å². The zero-order valence-corrected chi connectivity index (χ0v) is 13.7. The molecule has 0 aliphatic rings. The van der Waals surface area contributed by atoms with Gasteiger partial charge in [0, 0.05) is 11.6 Å². The maximum atomic E-state index is 14.4. The lowest BCUT2D eigenvalue weighted by molar-refractivity contribution is 0.0523. The van der Waals surface area contributed by atoms with E-state index in [2.05, 4.69) is 15.9 Å². The number of nitrogens with zero attached hydrogens (tertiary/aromatic N) is 1. The van der Waals surface area contributed by atoms with E-state index in [9.17, 15) is 19.1 Å². The summed E-state index contributed by atoms with van der Waals surface area (Å²) in [5.74, 6) is -1.39. The summed E-state index contributed by atoms with van der Waals surface area (Å²) in [5, 5.41) is 9.42. The second-order valence-corrected chi connectivity index (χ2v) is 5.64. The summed E-state index contributed by atoms with van der Waals surface area (Å²) in [5.41, 5.74) is -0.744. The van der Waals surface area contributed by atoms with E-state index in [1.165, 1.54) is 22.9 Å². The van der Waals surface area contributed by atoms with Gasteiger partial charge < -0.3 is 14.4 Å². The molecule has 1 heterocycles. The molecule has 1 atom stereocenters. The first-order valence-corrected chi connectivity index (χ1v) is 7.52. The number of aliphatic hydroxyl groups excluding tert-OH is 1. The van der Waals surface area contributed by atoms with Crippen molar-refractivity contribution < 1.29 is 19.0 Å². The summed E-state index contributed by atoms with van der Waals surface area (Å²) < 4.78 is 20.8. The number of esters is 1. The van der Waals surface area contributed by atoms with Crippen LogP contribution in [0.3, 0.4) is 0 Å². The minimum atomic E-state index is -0.767. The Morgan fingerprint density at radius 1 is 1.50 bits per heavy atom. The van der Waals surface area contributed by atoms with Gasteiger partial charge >= 0.3 is 5.97 Å². The van der Waals surface area contributed by atoms with E-state index in [4.69, 9.17) is 4.74 Å². The van der Waals surface area contributed by atoms with E-state index in [-0.39, 0.29) is 34.2 Å². The predicted octanol–water partition coefficient (Wildman–Crippen LogP) is 2.63. The SMILES string of the molecule is CCOC(=O)c1cn([C@@H](C)CO)c2c(F)c(Br)ccc2c1=O. The van der Waals surface area contributed by atoms with Crippen LogP contribution in [0.15, 0.2) is 27.6 Å². The van der Waals surface area contributed by atoms with Gasteiger partial charge in [0.25, 0.3) is 0 Å². The van der Waals surface area contributed by atoms with Crippen LogP contribution in [0.2, 0.25) is 0 Å². The fourth-order valence-electron chi connectivity index (χ4n) is 2.17. The molecule has 5 nitrogen and oxygen atoms in total. The van der Waals surface area contributed by atoms with E-state index in [1.54, 1.807) is 13.8 Å². The summed E-state index contributed by atoms with van der Waals surface area (Å²) >= 11 is 3.07. The van der Waals surface area contributed by atoms with Gasteiger partial charge in [-0.05, 0) is 41.9 Å². The molecular formula is C15H15BrFNO4. The fraction of sp³-hybridized carbons (Fsp3) is 0.333. The number of carbonyl (C=O) groups excluding carboxylic acids is 1. The number of hydrogen-bond acceptors (Lipinski definition) is 4. The van der Waals surface area contributed by atoms with Crippen molar-refractivity contribution in [3.63, 3.8) is 0 Å². The molecule has 0 amide bonds. The van der Waals surface area contributed by atoms with Crippen molar-refractivity contribution >= 4 is 32.8 Å². The topological polar surface area (TPSA) is 68.5 Å². The number of rotatable bonds is 4. The Hall–Kier alpha value is -1.73. The second kappa shape index (κ2) is 6.58. The lowest BCUT2D eigenvalue weighted by atomic mass is 10.1. The molecular weight excluding hydrogens is 357 g/mol. The van der Waals surface area contributed by atoms with Crippen LogP contribution >= 0.6 is 15.9 Å². The zero-order chi connectivity index (χ0) is 16.4. The molecule has 1 aromatic carbocycles. The van der Waals surface area contributed by atoms with Crippen LogP contribution < -0.4 is 5.43 Å². The molecule has 0 saturated heterocycles. The maximum absolute atomic E-state index is 14.4. The minimum absolute atomic E-state index is 0.0361. The van der Waals surface area contributed by atoms with E-state index in [0.29, 0.717) is 0 Å². The Balaban J connectivity index is 2.88. The average molecular weight is 372 g/mol. The third-order valence-corrected chi connectivity index (χ3v) is 3.93. The number of aromatic nitrogens is 1. The van der Waals surface area contributed by atoms with Crippen LogP contribution in [0.1, 0.15) is 30.2 Å². The van der Waals surface area contributed by atoms with Gasteiger partial charge in [-0.15, -0.1) is 0 Å². The van der Waals surface area contributed by atoms with Crippen molar-refractivity contribution in [1.29, 1.82) is 0 Å². The molecule has 2 aromatic rings. The predicted molar refractivity (Wildman–Crippen MR) is 83.6 cm³/mol. The molecule has 1 aromatic heterocycles. The highest BCUT2D eigenvalue weighted by atomic mass is 79.9. The highest BCUT2D eigenvalue weighted by Crippen LogP contribution is 2.26. The summed E-state index contributed by atoms with van der Waals surface area (Å²) in [7, 11) is 0. The third-order valence-electron chi connectivity index (χ3n) is 3.32. The Labute approximate surface area is 134 Å². The molecule has 1 N–H and O–H groups in total. The van der Waals surface area contributed by atoms with Crippen molar-refractivity contribution in [2.75, 3.05) is 13.2 Å². The van der Waals surface area contributed by atoms with Gasteiger partial charge in [0.05, 0.1) is 29.2 Å². The zero-order valence-electron chi connectivity index (χ0n) is 12.1. The van der Waals surface area contributed by atoms with Gasteiger partial charge in [0.2, 0.25) is 5.43 Å². The lowest BCUT2D eigenvalue weighted by Gasteiger charge is -2.18. The molecule has 0 aliphatic carbocycles. The van der Waals surface area contributed by atoms with Crippen LogP contribution in [0, 0.1) is 5.82 Å². The molecule has 0 radical (unpaired) electrons. The van der Waals surface area contributed by atoms with Gasteiger partial charge in [0.1, 0.15) is 5.56 Å². The van der Waals surface area contributed by atoms with Crippen molar-refractivity contribution in [2.24, 2.45) is 0 Å². The molecule has 0 bridgehead atoms. The van der Waals surface area contributed by atoms with E-state index in [1.807, 2.05) is 0 Å². The highest BCUT2D eigenvalue weighted by molar-refractivity contribution is 9.10. The normalized spacial score (nSPS) is 12.4. The molecule has 118 valence electrons.